The lowest BCUT2D eigenvalue weighted by molar-refractivity contribution is 0.101. The molecule has 4 rings (SSSR count). The van der Waals surface area contributed by atoms with Crippen LogP contribution in [0.3, 0.4) is 0 Å². The van der Waals surface area contributed by atoms with Gasteiger partial charge in [-0.25, -0.2) is 9.67 Å². The van der Waals surface area contributed by atoms with Gasteiger partial charge in [-0.1, -0.05) is 52.5 Å². The van der Waals surface area contributed by atoms with Gasteiger partial charge in [0.15, 0.2) is 5.82 Å². The van der Waals surface area contributed by atoms with E-state index in [4.69, 9.17) is 34.8 Å². The summed E-state index contributed by atoms with van der Waals surface area (Å²) >= 11 is 18.2. The second kappa shape index (κ2) is 8.48. The molecule has 0 saturated carbocycles. The molecule has 1 amide bonds. The Morgan fingerprint density at radius 3 is 2.27 bits per heavy atom. The molecule has 150 valence electrons. The third-order valence-corrected chi connectivity index (χ3v) is 5.36. The third-order valence-electron chi connectivity index (χ3n) is 4.37. The van der Waals surface area contributed by atoms with Crippen LogP contribution in [0.2, 0.25) is 15.1 Å². The van der Waals surface area contributed by atoms with Crippen molar-refractivity contribution in [1.29, 1.82) is 0 Å². The Bertz CT molecular complexity index is 1220. The maximum absolute atomic E-state index is 12.8. The quantitative estimate of drug-likeness (QED) is 0.383. The standard InChI is InChI=1S/C22H15Cl3N4O/c1-13-2-8-16(9-3-13)26-22(30)20-27-21(14-4-6-15(23)7-5-14)29(28-20)17-10-11-18(24)19(25)12-17/h2-12H,1H3,(H,26,30). The fraction of sp³-hybridized carbons (Fsp3) is 0.0455. The highest BCUT2D eigenvalue weighted by Gasteiger charge is 2.19. The van der Waals surface area contributed by atoms with Gasteiger partial charge < -0.3 is 5.32 Å². The molecule has 3 aromatic carbocycles. The van der Waals surface area contributed by atoms with E-state index in [1.807, 2.05) is 43.3 Å². The molecule has 5 nitrogen and oxygen atoms in total. The first kappa shape index (κ1) is 20.4. The minimum Gasteiger partial charge on any atom is -0.319 e. The van der Waals surface area contributed by atoms with Crippen molar-refractivity contribution in [3.8, 4) is 17.1 Å². The van der Waals surface area contributed by atoms with Crippen LogP contribution in [0, 0.1) is 6.92 Å². The van der Waals surface area contributed by atoms with Crippen LogP contribution < -0.4 is 5.32 Å². The van der Waals surface area contributed by atoms with Gasteiger partial charge in [-0.15, -0.1) is 5.10 Å². The molecule has 0 aliphatic heterocycles. The number of benzene rings is 3. The van der Waals surface area contributed by atoms with Gasteiger partial charge in [-0.05, 0) is 61.5 Å². The number of aryl methyl sites for hydroxylation is 1. The van der Waals surface area contributed by atoms with Crippen molar-refractivity contribution in [2.75, 3.05) is 5.32 Å². The number of aromatic nitrogens is 3. The molecule has 1 N–H and O–H groups in total. The zero-order chi connectivity index (χ0) is 21.3. The van der Waals surface area contributed by atoms with E-state index in [-0.39, 0.29) is 5.82 Å². The number of halogens is 3. The van der Waals surface area contributed by atoms with Crippen molar-refractivity contribution in [3.63, 3.8) is 0 Å². The van der Waals surface area contributed by atoms with Gasteiger partial charge in [0.05, 0.1) is 15.7 Å². The number of rotatable bonds is 4. The molecular weight excluding hydrogens is 443 g/mol. The molecule has 0 spiro atoms. The molecule has 0 aliphatic carbocycles. The Morgan fingerprint density at radius 1 is 0.900 bits per heavy atom. The lowest BCUT2D eigenvalue weighted by Gasteiger charge is -2.07. The predicted octanol–water partition coefficient (Wildman–Crippen LogP) is 6.46. The number of carbonyl (C=O) groups excluding carboxylic acids is 1. The van der Waals surface area contributed by atoms with E-state index in [0.717, 1.165) is 11.1 Å². The van der Waals surface area contributed by atoms with Gasteiger partial charge in [-0.2, -0.15) is 0 Å². The fourth-order valence-electron chi connectivity index (χ4n) is 2.81. The van der Waals surface area contributed by atoms with E-state index in [9.17, 15) is 4.79 Å². The van der Waals surface area contributed by atoms with Crippen LogP contribution in [0.25, 0.3) is 17.1 Å². The molecule has 1 aromatic heterocycles. The van der Waals surface area contributed by atoms with Crippen LogP contribution in [-0.4, -0.2) is 20.7 Å². The van der Waals surface area contributed by atoms with Gasteiger partial charge in [0, 0.05) is 16.3 Å². The number of hydrogen-bond donors (Lipinski definition) is 1. The second-order valence-corrected chi connectivity index (χ2v) is 7.85. The molecule has 8 heteroatoms. The van der Waals surface area contributed by atoms with Gasteiger partial charge in [0.2, 0.25) is 5.82 Å². The normalized spacial score (nSPS) is 10.8. The van der Waals surface area contributed by atoms with Crippen molar-refractivity contribution in [2.45, 2.75) is 6.92 Å². The van der Waals surface area contributed by atoms with Gasteiger partial charge in [0.25, 0.3) is 5.91 Å². The van der Waals surface area contributed by atoms with E-state index in [0.29, 0.717) is 32.3 Å². The summed E-state index contributed by atoms with van der Waals surface area (Å²) in [4.78, 5) is 17.3. The molecule has 1 heterocycles. The molecule has 0 fully saturated rings. The van der Waals surface area contributed by atoms with E-state index in [1.54, 1.807) is 35.0 Å². The Labute approximate surface area is 188 Å². The number of hydrogen-bond acceptors (Lipinski definition) is 3. The minimum absolute atomic E-state index is 0.0200. The summed E-state index contributed by atoms with van der Waals surface area (Å²) in [6, 6.07) is 19.7. The van der Waals surface area contributed by atoms with Gasteiger partial charge in [-0.3, -0.25) is 4.79 Å². The summed E-state index contributed by atoms with van der Waals surface area (Å²) in [7, 11) is 0. The lowest BCUT2D eigenvalue weighted by Crippen LogP contribution is -2.14. The highest BCUT2D eigenvalue weighted by atomic mass is 35.5. The Morgan fingerprint density at radius 2 is 1.60 bits per heavy atom. The molecule has 0 atom stereocenters. The number of anilines is 1. The zero-order valence-electron chi connectivity index (χ0n) is 15.7. The Balaban J connectivity index is 1.76. The van der Waals surface area contributed by atoms with Gasteiger partial charge >= 0.3 is 0 Å². The summed E-state index contributed by atoms with van der Waals surface area (Å²) < 4.78 is 1.55. The molecule has 30 heavy (non-hydrogen) atoms. The summed E-state index contributed by atoms with van der Waals surface area (Å²) in [5.41, 5.74) is 3.12. The first-order valence-corrected chi connectivity index (χ1v) is 10.1. The molecule has 0 aliphatic rings. The molecule has 4 aromatic rings. The third kappa shape index (κ3) is 4.33. The zero-order valence-corrected chi connectivity index (χ0v) is 18.0. The van der Waals surface area contributed by atoms with E-state index >= 15 is 0 Å². The topological polar surface area (TPSA) is 59.8 Å². The number of amides is 1. The summed E-state index contributed by atoms with van der Waals surface area (Å²) in [6.07, 6.45) is 0. The van der Waals surface area contributed by atoms with E-state index in [1.165, 1.54) is 0 Å². The molecule has 0 bridgehead atoms. The summed E-state index contributed by atoms with van der Waals surface area (Å²) in [5.74, 6) is 0.0681. The monoisotopic (exact) mass is 456 g/mol. The van der Waals surface area contributed by atoms with Crippen LogP contribution in [0.1, 0.15) is 16.2 Å². The average molecular weight is 458 g/mol. The number of nitrogens with one attached hydrogen (secondary N) is 1. The maximum atomic E-state index is 12.8. The fourth-order valence-corrected chi connectivity index (χ4v) is 3.23. The van der Waals surface area contributed by atoms with Crippen molar-refractivity contribution < 1.29 is 4.79 Å². The summed E-state index contributed by atoms with van der Waals surface area (Å²) in [5, 5.41) is 8.62. The molecule has 0 unspecified atom stereocenters. The maximum Gasteiger partial charge on any atom is 0.295 e. The SMILES string of the molecule is Cc1ccc(NC(=O)c2nc(-c3ccc(Cl)cc3)n(-c3ccc(Cl)c(Cl)c3)n2)cc1. The molecule has 0 saturated heterocycles. The summed E-state index contributed by atoms with van der Waals surface area (Å²) in [6.45, 7) is 1.98. The van der Waals surface area contributed by atoms with Crippen LogP contribution in [0.4, 0.5) is 5.69 Å². The van der Waals surface area contributed by atoms with Gasteiger partial charge in [0.1, 0.15) is 0 Å². The first-order valence-electron chi connectivity index (χ1n) is 8.97. The van der Waals surface area contributed by atoms with E-state index in [2.05, 4.69) is 15.4 Å². The average Bonchev–Trinajstić information content (AvgIpc) is 3.18. The van der Waals surface area contributed by atoms with Crippen molar-refractivity contribution in [1.82, 2.24) is 14.8 Å². The number of carbonyl (C=O) groups is 1. The molecular formula is C22H15Cl3N4O. The molecule has 0 radical (unpaired) electrons. The number of nitrogens with zero attached hydrogens (tertiary/aromatic N) is 3. The Hall–Kier alpha value is -2.86. The van der Waals surface area contributed by atoms with Crippen LogP contribution in [0.15, 0.2) is 66.7 Å². The highest BCUT2D eigenvalue weighted by molar-refractivity contribution is 6.42. The highest BCUT2D eigenvalue weighted by Crippen LogP contribution is 2.28. The Kier molecular flexibility index (Phi) is 5.77. The van der Waals surface area contributed by atoms with Crippen LogP contribution in [-0.2, 0) is 0 Å². The minimum atomic E-state index is -0.423. The van der Waals surface area contributed by atoms with E-state index < -0.39 is 5.91 Å². The second-order valence-electron chi connectivity index (χ2n) is 6.60. The van der Waals surface area contributed by atoms with Crippen LogP contribution in [0.5, 0.6) is 0 Å². The van der Waals surface area contributed by atoms with Crippen LogP contribution >= 0.6 is 34.8 Å². The van der Waals surface area contributed by atoms with Crippen molar-refractivity contribution in [3.05, 3.63) is 93.2 Å². The van der Waals surface area contributed by atoms with Crippen molar-refractivity contribution >= 4 is 46.4 Å². The lowest BCUT2D eigenvalue weighted by atomic mass is 10.2. The largest absolute Gasteiger partial charge is 0.319 e. The smallest absolute Gasteiger partial charge is 0.295 e. The van der Waals surface area contributed by atoms with Crippen molar-refractivity contribution in [2.24, 2.45) is 0 Å². The first-order chi connectivity index (χ1) is 14.4. The predicted molar refractivity (Wildman–Crippen MR) is 121 cm³/mol.